The van der Waals surface area contributed by atoms with E-state index in [2.05, 4.69) is 6.58 Å². The predicted molar refractivity (Wildman–Crippen MR) is 111 cm³/mol. The molecule has 30 heavy (non-hydrogen) atoms. The number of hydrogen-bond acceptors (Lipinski definition) is 5. The largest absolute Gasteiger partial charge is 0.458 e. The molecule has 0 bridgehead atoms. The summed E-state index contributed by atoms with van der Waals surface area (Å²) in [6, 6.07) is 15.4. The van der Waals surface area contributed by atoms with Crippen LogP contribution in [0.15, 0.2) is 78.5 Å². The number of allylic oxidation sites excluding steroid dienone is 1. The lowest BCUT2D eigenvalue weighted by Crippen LogP contribution is -2.38. The van der Waals surface area contributed by atoms with Gasteiger partial charge in [0.2, 0.25) is 5.91 Å². The second kappa shape index (κ2) is 9.17. The third-order valence-corrected chi connectivity index (χ3v) is 5.06. The molecule has 0 spiro atoms. The lowest BCUT2D eigenvalue weighted by molar-refractivity contribution is -0.384. The minimum absolute atomic E-state index is 0.0196. The second-order valence-electron chi connectivity index (χ2n) is 6.96. The summed E-state index contributed by atoms with van der Waals surface area (Å²) in [5, 5.41) is 10.9. The number of carbonyl (C=O) groups excluding carboxylic acids is 2. The fraction of sp³-hybridized carbons (Fsp3) is 0.217. The van der Waals surface area contributed by atoms with Gasteiger partial charge in [-0.05, 0) is 18.1 Å². The first kappa shape index (κ1) is 21.0. The molecule has 7 heteroatoms. The van der Waals surface area contributed by atoms with Crippen LogP contribution in [0.4, 0.5) is 5.69 Å². The molecule has 0 saturated heterocycles. The standard InChI is InChI=1S/C23H22N2O5/c1-3-13-30-23(27)22-16(2)24(15-17-9-11-19(12-10-17)25(28)29)21(26)14-20(22)18-7-5-4-6-8-18/h3-12,20H,1,13-15H2,2H3. The molecule has 3 rings (SSSR count). The van der Waals surface area contributed by atoms with Gasteiger partial charge in [-0.1, -0.05) is 55.1 Å². The maximum absolute atomic E-state index is 13.0. The van der Waals surface area contributed by atoms with E-state index in [4.69, 9.17) is 4.74 Å². The summed E-state index contributed by atoms with van der Waals surface area (Å²) in [6.45, 7) is 5.58. The molecule has 1 amide bonds. The van der Waals surface area contributed by atoms with Gasteiger partial charge in [0.05, 0.1) is 17.0 Å². The van der Waals surface area contributed by atoms with E-state index in [1.165, 1.54) is 23.1 Å². The van der Waals surface area contributed by atoms with E-state index in [9.17, 15) is 19.7 Å². The van der Waals surface area contributed by atoms with Crippen LogP contribution in [0.5, 0.6) is 0 Å². The average molecular weight is 406 g/mol. The first-order valence-electron chi connectivity index (χ1n) is 9.49. The summed E-state index contributed by atoms with van der Waals surface area (Å²) in [4.78, 5) is 37.7. The molecule has 0 aromatic heterocycles. The third kappa shape index (κ3) is 4.46. The number of rotatable bonds is 7. The van der Waals surface area contributed by atoms with E-state index in [1.54, 1.807) is 19.1 Å². The first-order chi connectivity index (χ1) is 14.4. The smallest absolute Gasteiger partial charge is 0.336 e. The Bertz CT molecular complexity index is 996. The summed E-state index contributed by atoms with van der Waals surface area (Å²) >= 11 is 0. The van der Waals surface area contributed by atoms with Crippen LogP contribution >= 0.6 is 0 Å². The Balaban J connectivity index is 1.97. The van der Waals surface area contributed by atoms with Crippen LogP contribution in [0.3, 0.4) is 0 Å². The van der Waals surface area contributed by atoms with Crippen LogP contribution in [0.1, 0.15) is 30.4 Å². The second-order valence-corrected chi connectivity index (χ2v) is 6.96. The Morgan fingerprint density at radius 2 is 1.90 bits per heavy atom. The number of benzene rings is 2. The van der Waals surface area contributed by atoms with Crippen molar-refractivity contribution in [2.75, 3.05) is 6.61 Å². The van der Waals surface area contributed by atoms with Crippen LogP contribution in [-0.4, -0.2) is 28.3 Å². The lowest BCUT2D eigenvalue weighted by atomic mass is 9.83. The molecular formula is C23H22N2O5. The van der Waals surface area contributed by atoms with Crippen molar-refractivity contribution in [3.63, 3.8) is 0 Å². The zero-order chi connectivity index (χ0) is 21.7. The minimum atomic E-state index is -0.484. The minimum Gasteiger partial charge on any atom is -0.458 e. The van der Waals surface area contributed by atoms with Crippen LogP contribution < -0.4 is 0 Å². The summed E-state index contributed by atoms with van der Waals surface area (Å²) in [5.74, 6) is -1.01. The summed E-state index contributed by atoms with van der Waals surface area (Å²) in [5.41, 5.74) is 2.53. The van der Waals surface area contributed by atoms with E-state index in [0.717, 1.165) is 11.1 Å². The molecule has 0 saturated carbocycles. The van der Waals surface area contributed by atoms with Gasteiger partial charge in [-0.15, -0.1) is 0 Å². The Kier molecular flexibility index (Phi) is 6.41. The number of ether oxygens (including phenoxy) is 1. The molecule has 0 radical (unpaired) electrons. The van der Waals surface area contributed by atoms with Crippen molar-refractivity contribution in [1.29, 1.82) is 0 Å². The number of non-ortho nitro benzene ring substituents is 1. The van der Waals surface area contributed by atoms with Gasteiger partial charge in [0.15, 0.2) is 0 Å². The molecule has 0 fully saturated rings. The molecular weight excluding hydrogens is 384 g/mol. The highest BCUT2D eigenvalue weighted by Crippen LogP contribution is 2.37. The summed E-state index contributed by atoms with van der Waals surface area (Å²) in [6.07, 6.45) is 1.63. The van der Waals surface area contributed by atoms with Gasteiger partial charge in [0, 0.05) is 30.2 Å². The molecule has 2 aromatic rings. The summed E-state index contributed by atoms with van der Waals surface area (Å²) < 4.78 is 5.30. The van der Waals surface area contributed by atoms with Gasteiger partial charge in [-0.3, -0.25) is 14.9 Å². The molecule has 2 aromatic carbocycles. The monoisotopic (exact) mass is 406 g/mol. The molecule has 1 aliphatic rings. The summed E-state index contributed by atoms with van der Waals surface area (Å²) in [7, 11) is 0. The van der Waals surface area contributed by atoms with Crippen LogP contribution in [0.2, 0.25) is 0 Å². The van der Waals surface area contributed by atoms with E-state index < -0.39 is 16.8 Å². The van der Waals surface area contributed by atoms with Gasteiger partial charge < -0.3 is 9.64 Å². The Morgan fingerprint density at radius 3 is 2.50 bits per heavy atom. The van der Waals surface area contributed by atoms with Crippen molar-refractivity contribution in [3.05, 3.63) is 99.8 Å². The molecule has 0 aliphatic carbocycles. The maximum Gasteiger partial charge on any atom is 0.336 e. The highest BCUT2D eigenvalue weighted by atomic mass is 16.6. The van der Waals surface area contributed by atoms with Gasteiger partial charge in [-0.2, -0.15) is 0 Å². The van der Waals surface area contributed by atoms with Crippen LogP contribution in [0.25, 0.3) is 0 Å². The fourth-order valence-corrected chi connectivity index (χ4v) is 3.56. The SMILES string of the molecule is C=CCOC(=O)C1=C(C)N(Cc2ccc([N+](=O)[O-])cc2)C(=O)CC1c1ccccc1. The number of carbonyl (C=O) groups is 2. The molecule has 1 aliphatic heterocycles. The topological polar surface area (TPSA) is 89.8 Å². The van der Waals surface area contributed by atoms with Gasteiger partial charge >= 0.3 is 5.97 Å². The highest BCUT2D eigenvalue weighted by molar-refractivity contribution is 5.95. The van der Waals surface area contributed by atoms with E-state index >= 15 is 0 Å². The van der Waals surface area contributed by atoms with Gasteiger partial charge in [-0.25, -0.2) is 4.79 Å². The van der Waals surface area contributed by atoms with Crippen molar-refractivity contribution in [1.82, 2.24) is 4.90 Å². The van der Waals surface area contributed by atoms with Gasteiger partial charge in [0.1, 0.15) is 6.61 Å². The van der Waals surface area contributed by atoms with E-state index in [1.807, 2.05) is 30.3 Å². The number of amides is 1. The predicted octanol–water partition coefficient (Wildman–Crippen LogP) is 4.11. The number of nitro benzene ring substituents is 1. The van der Waals surface area contributed by atoms with Crippen molar-refractivity contribution in [2.45, 2.75) is 25.8 Å². The first-order valence-corrected chi connectivity index (χ1v) is 9.49. The number of esters is 1. The zero-order valence-corrected chi connectivity index (χ0v) is 16.6. The molecule has 1 unspecified atom stereocenters. The Morgan fingerprint density at radius 1 is 1.23 bits per heavy atom. The molecule has 154 valence electrons. The van der Waals surface area contributed by atoms with Gasteiger partial charge in [0.25, 0.3) is 5.69 Å². The van der Waals surface area contributed by atoms with Crippen molar-refractivity contribution >= 4 is 17.6 Å². The number of nitro groups is 1. The molecule has 7 nitrogen and oxygen atoms in total. The van der Waals surface area contributed by atoms with Crippen LogP contribution in [-0.2, 0) is 20.9 Å². The maximum atomic E-state index is 13.0. The number of nitrogens with zero attached hydrogens (tertiary/aromatic N) is 2. The van der Waals surface area contributed by atoms with Crippen molar-refractivity contribution in [2.24, 2.45) is 0 Å². The Hall–Kier alpha value is -3.74. The molecule has 1 heterocycles. The third-order valence-electron chi connectivity index (χ3n) is 5.06. The quantitative estimate of drug-likeness (QED) is 0.299. The lowest BCUT2D eigenvalue weighted by Gasteiger charge is -2.34. The molecule has 0 N–H and O–H groups in total. The van der Waals surface area contributed by atoms with Crippen molar-refractivity contribution < 1.29 is 19.2 Å². The highest BCUT2D eigenvalue weighted by Gasteiger charge is 2.36. The zero-order valence-electron chi connectivity index (χ0n) is 16.6. The molecule has 1 atom stereocenters. The average Bonchev–Trinajstić information content (AvgIpc) is 2.75. The van der Waals surface area contributed by atoms with E-state index in [0.29, 0.717) is 11.3 Å². The Labute approximate surface area is 174 Å². The van der Waals surface area contributed by atoms with Crippen LogP contribution in [0, 0.1) is 10.1 Å². The normalized spacial score (nSPS) is 16.4. The van der Waals surface area contributed by atoms with Crippen molar-refractivity contribution in [3.8, 4) is 0 Å². The fourth-order valence-electron chi connectivity index (χ4n) is 3.56. The van der Waals surface area contributed by atoms with E-state index in [-0.39, 0.29) is 31.2 Å². The number of hydrogen-bond donors (Lipinski definition) is 0.